The van der Waals surface area contributed by atoms with E-state index in [-0.39, 0.29) is 6.03 Å². The summed E-state index contributed by atoms with van der Waals surface area (Å²) in [5, 5.41) is 2.65. The van der Waals surface area contributed by atoms with Gasteiger partial charge in [0.15, 0.2) is 0 Å². The van der Waals surface area contributed by atoms with Crippen LogP contribution in [0.15, 0.2) is 0 Å². The first-order valence-corrected chi connectivity index (χ1v) is 4.74. The Hall–Kier alpha value is -0.730. The van der Waals surface area contributed by atoms with Crippen LogP contribution in [-0.4, -0.2) is 31.1 Å². The van der Waals surface area contributed by atoms with Gasteiger partial charge in [-0.3, -0.25) is 0 Å². The van der Waals surface area contributed by atoms with Gasteiger partial charge in [0.1, 0.15) is 0 Å². The Bertz CT molecular complexity index is 151. The van der Waals surface area contributed by atoms with E-state index < -0.39 is 0 Å². The number of carbonyl (C=O) groups excluding carboxylic acids is 1. The summed E-state index contributed by atoms with van der Waals surface area (Å²) < 4.78 is 0. The topological polar surface area (TPSA) is 32.3 Å². The number of hydrogen-bond donors (Lipinski definition) is 1. The number of hydrogen-bond acceptors (Lipinski definition) is 1. The van der Waals surface area contributed by atoms with Crippen molar-refractivity contribution in [1.82, 2.24) is 10.2 Å². The zero-order valence-electron chi connectivity index (χ0n) is 7.97. The molecule has 70 valence electrons. The molecule has 1 fully saturated rings. The number of nitrogens with zero attached hydrogens (tertiary/aromatic N) is 1. The molecule has 1 N–H and O–H groups in total. The maximum atomic E-state index is 11.2. The molecule has 0 spiro atoms. The zero-order chi connectivity index (χ0) is 8.97. The second-order valence-corrected chi connectivity index (χ2v) is 3.39. The standard InChI is InChI=1S/C9H18N2O/c1-3-8-4-6-11(7-5-8)9(12)10-2/h8H,3-7H2,1-2H3,(H,10,12). The van der Waals surface area contributed by atoms with E-state index in [0.29, 0.717) is 0 Å². The summed E-state index contributed by atoms with van der Waals surface area (Å²) >= 11 is 0. The Balaban J connectivity index is 2.30. The largest absolute Gasteiger partial charge is 0.341 e. The van der Waals surface area contributed by atoms with Gasteiger partial charge in [0.25, 0.3) is 0 Å². The summed E-state index contributed by atoms with van der Waals surface area (Å²) in [7, 11) is 1.69. The van der Waals surface area contributed by atoms with Gasteiger partial charge in [-0.2, -0.15) is 0 Å². The highest BCUT2D eigenvalue weighted by Gasteiger charge is 2.20. The fraction of sp³-hybridized carbons (Fsp3) is 0.889. The second-order valence-electron chi connectivity index (χ2n) is 3.39. The molecule has 0 bridgehead atoms. The van der Waals surface area contributed by atoms with Crippen molar-refractivity contribution in [2.45, 2.75) is 26.2 Å². The Morgan fingerprint density at radius 1 is 1.50 bits per heavy atom. The molecule has 1 rings (SSSR count). The van der Waals surface area contributed by atoms with Crippen LogP contribution in [0, 0.1) is 5.92 Å². The maximum absolute atomic E-state index is 11.2. The monoisotopic (exact) mass is 170 g/mol. The van der Waals surface area contributed by atoms with Crippen LogP contribution >= 0.6 is 0 Å². The highest BCUT2D eigenvalue weighted by Crippen LogP contribution is 2.19. The lowest BCUT2D eigenvalue weighted by Gasteiger charge is -2.31. The lowest BCUT2D eigenvalue weighted by Crippen LogP contribution is -2.43. The van der Waals surface area contributed by atoms with E-state index in [1.54, 1.807) is 7.05 Å². The van der Waals surface area contributed by atoms with Crippen LogP contribution in [0.1, 0.15) is 26.2 Å². The van der Waals surface area contributed by atoms with Gasteiger partial charge in [-0.25, -0.2) is 4.79 Å². The fourth-order valence-electron chi connectivity index (χ4n) is 1.70. The van der Waals surface area contributed by atoms with Gasteiger partial charge in [-0.15, -0.1) is 0 Å². The molecule has 0 unspecified atom stereocenters. The summed E-state index contributed by atoms with van der Waals surface area (Å²) in [5.41, 5.74) is 0. The van der Waals surface area contributed by atoms with Crippen LogP contribution in [0.2, 0.25) is 0 Å². The minimum atomic E-state index is 0.0737. The van der Waals surface area contributed by atoms with E-state index in [2.05, 4.69) is 12.2 Å². The molecule has 1 heterocycles. The van der Waals surface area contributed by atoms with Crippen LogP contribution in [0.4, 0.5) is 4.79 Å². The first kappa shape index (κ1) is 9.36. The van der Waals surface area contributed by atoms with Crippen molar-refractivity contribution in [2.75, 3.05) is 20.1 Å². The molecular weight excluding hydrogens is 152 g/mol. The van der Waals surface area contributed by atoms with E-state index in [1.807, 2.05) is 4.90 Å². The third-order valence-corrected chi connectivity index (χ3v) is 2.69. The van der Waals surface area contributed by atoms with Crippen LogP contribution < -0.4 is 5.32 Å². The molecule has 0 saturated carbocycles. The third-order valence-electron chi connectivity index (χ3n) is 2.69. The number of nitrogens with one attached hydrogen (secondary N) is 1. The SMILES string of the molecule is CCC1CCN(C(=O)NC)CC1. The van der Waals surface area contributed by atoms with Gasteiger partial charge >= 0.3 is 6.03 Å². The fourth-order valence-corrected chi connectivity index (χ4v) is 1.70. The minimum absolute atomic E-state index is 0.0737. The number of carbonyl (C=O) groups is 1. The summed E-state index contributed by atoms with van der Waals surface area (Å²) in [6.07, 6.45) is 3.59. The molecule has 1 aliphatic heterocycles. The van der Waals surface area contributed by atoms with Crippen molar-refractivity contribution in [1.29, 1.82) is 0 Å². The molecule has 12 heavy (non-hydrogen) atoms. The van der Waals surface area contributed by atoms with Crippen LogP contribution in [0.5, 0.6) is 0 Å². The smallest absolute Gasteiger partial charge is 0.317 e. The van der Waals surface area contributed by atoms with Crippen LogP contribution in [0.3, 0.4) is 0 Å². The highest BCUT2D eigenvalue weighted by atomic mass is 16.2. The van der Waals surface area contributed by atoms with Crippen LogP contribution in [-0.2, 0) is 0 Å². The van der Waals surface area contributed by atoms with Gasteiger partial charge in [0, 0.05) is 20.1 Å². The molecule has 0 aromatic carbocycles. The normalized spacial score (nSPS) is 19.3. The number of amides is 2. The number of likely N-dealkylation sites (tertiary alicyclic amines) is 1. The second kappa shape index (κ2) is 4.33. The number of rotatable bonds is 1. The average molecular weight is 170 g/mol. The Labute approximate surface area is 74.1 Å². The van der Waals surface area contributed by atoms with E-state index in [1.165, 1.54) is 19.3 Å². The molecule has 0 aromatic heterocycles. The molecule has 0 radical (unpaired) electrons. The van der Waals surface area contributed by atoms with Crippen molar-refractivity contribution < 1.29 is 4.79 Å². The maximum Gasteiger partial charge on any atom is 0.317 e. The lowest BCUT2D eigenvalue weighted by molar-refractivity contribution is 0.171. The summed E-state index contributed by atoms with van der Waals surface area (Å²) in [6, 6.07) is 0.0737. The molecule has 0 aromatic rings. The van der Waals surface area contributed by atoms with E-state index in [0.717, 1.165) is 19.0 Å². The molecule has 1 aliphatic rings. The quantitative estimate of drug-likeness (QED) is 0.634. The van der Waals surface area contributed by atoms with E-state index in [9.17, 15) is 4.79 Å². The third kappa shape index (κ3) is 2.13. The van der Waals surface area contributed by atoms with Crippen molar-refractivity contribution in [3.05, 3.63) is 0 Å². The lowest BCUT2D eigenvalue weighted by atomic mass is 9.95. The van der Waals surface area contributed by atoms with Gasteiger partial charge in [-0.05, 0) is 18.8 Å². The molecule has 3 heteroatoms. The molecular formula is C9H18N2O. The Morgan fingerprint density at radius 3 is 2.50 bits per heavy atom. The van der Waals surface area contributed by atoms with Crippen LogP contribution in [0.25, 0.3) is 0 Å². The summed E-state index contributed by atoms with van der Waals surface area (Å²) in [6.45, 7) is 4.08. The number of urea groups is 1. The van der Waals surface area contributed by atoms with Crippen molar-refractivity contribution >= 4 is 6.03 Å². The highest BCUT2D eigenvalue weighted by molar-refractivity contribution is 5.73. The molecule has 3 nitrogen and oxygen atoms in total. The number of piperidine rings is 1. The summed E-state index contributed by atoms with van der Waals surface area (Å²) in [5.74, 6) is 0.839. The first-order chi connectivity index (χ1) is 5.77. The molecule has 0 atom stereocenters. The van der Waals surface area contributed by atoms with Crippen molar-refractivity contribution in [3.8, 4) is 0 Å². The molecule has 0 aliphatic carbocycles. The van der Waals surface area contributed by atoms with Gasteiger partial charge in [0.05, 0.1) is 0 Å². The predicted molar refractivity (Wildman–Crippen MR) is 49.0 cm³/mol. The minimum Gasteiger partial charge on any atom is -0.341 e. The van der Waals surface area contributed by atoms with Crippen molar-refractivity contribution in [3.63, 3.8) is 0 Å². The Kier molecular flexibility index (Phi) is 3.38. The van der Waals surface area contributed by atoms with Gasteiger partial charge < -0.3 is 10.2 Å². The zero-order valence-corrected chi connectivity index (χ0v) is 7.97. The molecule has 2 amide bonds. The Morgan fingerprint density at radius 2 is 2.08 bits per heavy atom. The first-order valence-electron chi connectivity index (χ1n) is 4.74. The van der Waals surface area contributed by atoms with Crippen molar-refractivity contribution in [2.24, 2.45) is 5.92 Å². The summed E-state index contributed by atoms with van der Waals surface area (Å²) in [4.78, 5) is 13.1. The van der Waals surface area contributed by atoms with E-state index in [4.69, 9.17) is 0 Å². The molecule has 1 saturated heterocycles. The van der Waals surface area contributed by atoms with Gasteiger partial charge in [-0.1, -0.05) is 13.3 Å². The average Bonchev–Trinajstić information content (AvgIpc) is 2.17. The van der Waals surface area contributed by atoms with E-state index >= 15 is 0 Å². The van der Waals surface area contributed by atoms with Gasteiger partial charge in [0.2, 0.25) is 0 Å². The predicted octanol–water partition coefficient (Wildman–Crippen LogP) is 1.45.